The average Bonchev–Trinajstić information content (AvgIpc) is 2.45. The Hall–Kier alpha value is -0.120. The van der Waals surface area contributed by atoms with Crippen LogP contribution in [0.3, 0.4) is 0 Å². The highest BCUT2D eigenvalue weighted by atomic mass is 16.5. The van der Waals surface area contributed by atoms with E-state index in [0.717, 1.165) is 12.0 Å². The van der Waals surface area contributed by atoms with E-state index in [1.165, 1.54) is 58.2 Å². The molecule has 2 atom stereocenters. The molecule has 1 aliphatic heterocycles. The molecule has 2 aliphatic rings. The summed E-state index contributed by atoms with van der Waals surface area (Å²) < 4.78 is 5.57. The van der Waals surface area contributed by atoms with Gasteiger partial charge < -0.3 is 15.0 Å². The molecule has 0 aromatic rings. The van der Waals surface area contributed by atoms with Crippen LogP contribution in [0.2, 0.25) is 0 Å². The lowest BCUT2D eigenvalue weighted by molar-refractivity contribution is 0.0174. The zero-order chi connectivity index (χ0) is 14.6. The maximum Gasteiger partial charge on any atom is 0.0586 e. The molecular formula is C17H34N2O. The third-order valence-electron chi connectivity index (χ3n) is 5.02. The summed E-state index contributed by atoms with van der Waals surface area (Å²) >= 11 is 0. The van der Waals surface area contributed by atoms with Crippen LogP contribution in [0.5, 0.6) is 0 Å². The van der Waals surface area contributed by atoms with E-state index in [9.17, 15) is 0 Å². The zero-order valence-corrected chi connectivity index (χ0v) is 14.0. The Labute approximate surface area is 125 Å². The molecule has 20 heavy (non-hydrogen) atoms. The van der Waals surface area contributed by atoms with E-state index in [2.05, 4.69) is 31.0 Å². The smallest absolute Gasteiger partial charge is 0.0586 e. The summed E-state index contributed by atoms with van der Waals surface area (Å²) in [5.74, 6) is 0.868. The fourth-order valence-electron chi connectivity index (χ4n) is 3.64. The Morgan fingerprint density at radius 3 is 2.40 bits per heavy atom. The van der Waals surface area contributed by atoms with Crippen molar-refractivity contribution in [1.29, 1.82) is 0 Å². The lowest BCUT2D eigenvalue weighted by Crippen LogP contribution is -2.47. The van der Waals surface area contributed by atoms with Gasteiger partial charge in [0.1, 0.15) is 0 Å². The van der Waals surface area contributed by atoms with Crippen molar-refractivity contribution in [2.24, 2.45) is 5.92 Å². The van der Waals surface area contributed by atoms with Crippen molar-refractivity contribution in [2.75, 3.05) is 26.7 Å². The predicted octanol–water partition coefficient (Wildman–Crippen LogP) is 3.04. The fraction of sp³-hybridized carbons (Fsp3) is 1.00. The SMILES string of the molecule is COC1CCCC(N2CCC(CNC(C)(C)C)CC2)C1. The number of likely N-dealkylation sites (tertiary alicyclic amines) is 1. The van der Waals surface area contributed by atoms with Gasteiger partial charge in [-0.15, -0.1) is 0 Å². The van der Waals surface area contributed by atoms with Gasteiger partial charge in [-0.3, -0.25) is 0 Å². The van der Waals surface area contributed by atoms with Gasteiger partial charge in [0.2, 0.25) is 0 Å². The Kier molecular flexibility index (Phi) is 5.88. The minimum absolute atomic E-state index is 0.256. The standard InChI is InChI=1S/C17H34N2O/c1-17(2,3)18-13-14-8-10-19(11-9-14)15-6-5-7-16(12-15)20-4/h14-16,18H,5-13H2,1-4H3. The van der Waals surface area contributed by atoms with Crippen LogP contribution < -0.4 is 5.32 Å². The number of nitrogens with zero attached hydrogens (tertiary/aromatic N) is 1. The van der Waals surface area contributed by atoms with Gasteiger partial charge in [-0.1, -0.05) is 0 Å². The summed E-state index contributed by atoms with van der Waals surface area (Å²) in [5, 5.41) is 3.66. The Balaban J connectivity index is 1.71. The lowest BCUT2D eigenvalue weighted by atomic mass is 9.88. The van der Waals surface area contributed by atoms with Crippen molar-refractivity contribution >= 4 is 0 Å². The van der Waals surface area contributed by atoms with Crippen molar-refractivity contribution in [2.45, 2.75) is 77.0 Å². The Morgan fingerprint density at radius 2 is 1.80 bits per heavy atom. The predicted molar refractivity (Wildman–Crippen MR) is 85.1 cm³/mol. The largest absolute Gasteiger partial charge is 0.381 e. The van der Waals surface area contributed by atoms with Gasteiger partial charge in [0, 0.05) is 18.7 Å². The van der Waals surface area contributed by atoms with Crippen molar-refractivity contribution in [1.82, 2.24) is 10.2 Å². The van der Waals surface area contributed by atoms with Crippen LogP contribution in [0.15, 0.2) is 0 Å². The summed E-state index contributed by atoms with van der Waals surface area (Å²) in [6.45, 7) is 10.5. The monoisotopic (exact) mass is 282 g/mol. The van der Waals surface area contributed by atoms with Crippen molar-refractivity contribution in [3.8, 4) is 0 Å². The minimum atomic E-state index is 0.256. The summed E-state index contributed by atoms with van der Waals surface area (Å²) in [4.78, 5) is 2.73. The van der Waals surface area contributed by atoms with Gasteiger partial charge in [0.15, 0.2) is 0 Å². The lowest BCUT2D eigenvalue weighted by Gasteiger charge is -2.41. The van der Waals surface area contributed by atoms with E-state index in [1.54, 1.807) is 0 Å². The molecule has 1 aliphatic carbocycles. The first-order chi connectivity index (χ1) is 9.48. The second-order valence-electron chi connectivity index (χ2n) is 7.79. The molecule has 2 fully saturated rings. The average molecular weight is 282 g/mol. The number of methoxy groups -OCH3 is 1. The molecule has 1 heterocycles. The Morgan fingerprint density at radius 1 is 1.10 bits per heavy atom. The maximum absolute atomic E-state index is 5.57. The van der Waals surface area contributed by atoms with Crippen molar-refractivity contribution < 1.29 is 4.74 Å². The molecule has 118 valence electrons. The third kappa shape index (κ3) is 5.01. The molecule has 0 radical (unpaired) electrons. The molecule has 0 bridgehead atoms. The van der Waals surface area contributed by atoms with E-state index in [0.29, 0.717) is 6.10 Å². The molecule has 0 amide bonds. The first kappa shape index (κ1) is 16.3. The van der Waals surface area contributed by atoms with E-state index in [4.69, 9.17) is 4.74 Å². The molecule has 0 aromatic carbocycles. The number of hydrogen-bond donors (Lipinski definition) is 1. The molecule has 0 spiro atoms. The van der Waals surface area contributed by atoms with Crippen LogP contribution in [0, 0.1) is 5.92 Å². The first-order valence-corrected chi connectivity index (χ1v) is 8.50. The molecule has 2 unspecified atom stereocenters. The molecule has 1 saturated carbocycles. The van der Waals surface area contributed by atoms with Gasteiger partial charge in [0.05, 0.1) is 6.10 Å². The van der Waals surface area contributed by atoms with Crippen LogP contribution in [0.4, 0.5) is 0 Å². The van der Waals surface area contributed by atoms with Gasteiger partial charge in [-0.2, -0.15) is 0 Å². The summed E-state index contributed by atoms with van der Waals surface area (Å²) in [6.07, 6.45) is 8.46. The molecular weight excluding hydrogens is 248 g/mol. The number of nitrogens with one attached hydrogen (secondary N) is 1. The molecule has 0 aromatic heterocycles. The normalized spacial score (nSPS) is 30.6. The van der Waals surface area contributed by atoms with Crippen LogP contribution in [-0.4, -0.2) is 49.3 Å². The van der Waals surface area contributed by atoms with Crippen LogP contribution in [0.25, 0.3) is 0 Å². The zero-order valence-electron chi connectivity index (χ0n) is 14.0. The van der Waals surface area contributed by atoms with Gasteiger partial charge in [0.25, 0.3) is 0 Å². The van der Waals surface area contributed by atoms with Gasteiger partial charge in [-0.25, -0.2) is 0 Å². The van der Waals surface area contributed by atoms with E-state index < -0.39 is 0 Å². The topological polar surface area (TPSA) is 24.5 Å². The molecule has 2 rings (SSSR count). The molecule has 1 N–H and O–H groups in total. The highest BCUT2D eigenvalue weighted by Gasteiger charge is 2.29. The second-order valence-corrected chi connectivity index (χ2v) is 7.79. The first-order valence-electron chi connectivity index (χ1n) is 8.50. The number of ether oxygens (including phenoxy) is 1. The van der Waals surface area contributed by atoms with Crippen LogP contribution >= 0.6 is 0 Å². The van der Waals surface area contributed by atoms with Crippen LogP contribution in [0.1, 0.15) is 59.3 Å². The van der Waals surface area contributed by atoms with Crippen LogP contribution in [-0.2, 0) is 4.74 Å². The number of rotatable bonds is 4. The Bertz CT molecular complexity index is 279. The number of hydrogen-bond acceptors (Lipinski definition) is 3. The van der Waals surface area contributed by atoms with E-state index in [-0.39, 0.29) is 5.54 Å². The quantitative estimate of drug-likeness (QED) is 0.858. The summed E-state index contributed by atoms with van der Waals surface area (Å²) in [6, 6.07) is 0.783. The highest BCUT2D eigenvalue weighted by Crippen LogP contribution is 2.28. The summed E-state index contributed by atoms with van der Waals surface area (Å²) in [7, 11) is 1.87. The molecule has 3 heteroatoms. The van der Waals surface area contributed by atoms with E-state index in [1.807, 2.05) is 7.11 Å². The molecule has 3 nitrogen and oxygen atoms in total. The van der Waals surface area contributed by atoms with Crippen molar-refractivity contribution in [3.63, 3.8) is 0 Å². The van der Waals surface area contributed by atoms with E-state index >= 15 is 0 Å². The highest BCUT2D eigenvalue weighted by molar-refractivity contribution is 4.85. The minimum Gasteiger partial charge on any atom is -0.381 e. The maximum atomic E-state index is 5.57. The van der Waals surface area contributed by atoms with Gasteiger partial charge in [-0.05, 0) is 84.8 Å². The third-order valence-corrected chi connectivity index (χ3v) is 5.02. The number of piperidine rings is 1. The van der Waals surface area contributed by atoms with Gasteiger partial charge >= 0.3 is 0 Å². The fourth-order valence-corrected chi connectivity index (χ4v) is 3.64. The molecule has 1 saturated heterocycles. The summed E-state index contributed by atoms with van der Waals surface area (Å²) in [5.41, 5.74) is 0.256. The second kappa shape index (κ2) is 7.24. The van der Waals surface area contributed by atoms with Crippen molar-refractivity contribution in [3.05, 3.63) is 0 Å².